The van der Waals surface area contributed by atoms with Gasteiger partial charge in [0.15, 0.2) is 5.17 Å². The van der Waals surface area contributed by atoms with E-state index in [0.29, 0.717) is 6.04 Å². The van der Waals surface area contributed by atoms with Gasteiger partial charge in [0.2, 0.25) is 0 Å². The smallest absolute Gasteiger partial charge is 0.264 e. The van der Waals surface area contributed by atoms with Crippen molar-refractivity contribution in [1.29, 1.82) is 0 Å². The summed E-state index contributed by atoms with van der Waals surface area (Å²) in [4.78, 5) is 17.4. The Morgan fingerprint density at radius 2 is 2.05 bits per heavy atom. The van der Waals surface area contributed by atoms with Crippen LogP contribution in [-0.2, 0) is 4.79 Å². The molecule has 1 aromatic carbocycles. The van der Waals surface area contributed by atoms with Gasteiger partial charge in [-0.25, -0.2) is 0 Å². The summed E-state index contributed by atoms with van der Waals surface area (Å²) in [6.07, 6.45) is 6.76. The van der Waals surface area contributed by atoms with Gasteiger partial charge in [-0.05, 0) is 48.7 Å². The maximum absolute atomic E-state index is 12.0. The molecule has 0 bridgehead atoms. The highest BCUT2D eigenvalue weighted by molar-refractivity contribution is 8.18. The Morgan fingerprint density at radius 3 is 2.80 bits per heavy atom. The van der Waals surface area contributed by atoms with E-state index in [9.17, 15) is 4.79 Å². The lowest BCUT2D eigenvalue weighted by molar-refractivity contribution is -0.115. The third-order valence-electron chi connectivity index (χ3n) is 3.75. The summed E-state index contributed by atoms with van der Waals surface area (Å²) in [5.74, 6) is -0.0324. The van der Waals surface area contributed by atoms with Crippen molar-refractivity contribution in [3.8, 4) is 0 Å². The molecule has 1 aromatic rings. The van der Waals surface area contributed by atoms with Crippen molar-refractivity contribution in [2.75, 3.05) is 0 Å². The topological polar surface area (TPSA) is 41.5 Å². The van der Waals surface area contributed by atoms with Gasteiger partial charge in [-0.2, -0.15) is 0 Å². The first-order valence-corrected chi connectivity index (χ1v) is 7.88. The lowest BCUT2D eigenvalue weighted by atomic mass is 10.1. The molecule has 0 unspecified atom stereocenters. The second kappa shape index (κ2) is 5.83. The molecular weight excluding hydrogens is 268 g/mol. The van der Waals surface area contributed by atoms with Crippen molar-refractivity contribution >= 4 is 28.9 Å². The Morgan fingerprint density at radius 1 is 1.30 bits per heavy atom. The molecule has 0 aromatic heterocycles. The Bertz CT molecular complexity index is 586. The highest BCUT2D eigenvalue weighted by Gasteiger charge is 2.25. The van der Waals surface area contributed by atoms with Gasteiger partial charge in [0.25, 0.3) is 5.91 Å². The van der Waals surface area contributed by atoms with E-state index in [1.54, 1.807) is 0 Å². The van der Waals surface area contributed by atoms with Gasteiger partial charge < -0.3 is 5.32 Å². The number of aryl methyl sites for hydroxylation is 1. The predicted molar refractivity (Wildman–Crippen MR) is 84.6 cm³/mol. The second-order valence-corrected chi connectivity index (χ2v) is 6.32. The summed E-state index contributed by atoms with van der Waals surface area (Å²) in [5, 5.41) is 3.64. The first-order valence-electron chi connectivity index (χ1n) is 7.07. The zero-order valence-corrected chi connectivity index (χ0v) is 12.4. The van der Waals surface area contributed by atoms with Gasteiger partial charge in [-0.1, -0.05) is 37.1 Å². The molecular formula is C16H18N2OS. The minimum absolute atomic E-state index is 0.0324. The van der Waals surface area contributed by atoms with Crippen molar-refractivity contribution < 1.29 is 4.79 Å². The number of aliphatic imine (C=N–C) groups is 1. The maximum Gasteiger partial charge on any atom is 0.264 e. The fourth-order valence-corrected chi connectivity index (χ4v) is 3.46. The molecule has 4 heteroatoms. The van der Waals surface area contributed by atoms with Gasteiger partial charge >= 0.3 is 0 Å². The number of amides is 1. The molecule has 0 atom stereocenters. The Kier molecular flexibility index (Phi) is 3.92. The van der Waals surface area contributed by atoms with E-state index in [0.717, 1.165) is 28.5 Å². The largest absolute Gasteiger partial charge is 0.301 e. The number of nitrogens with zero attached hydrogens (tertiary/aromatic N) is 1. The van der Waals surface area contributed by atoms with Crippen LogP contribution >= 0.6 is 11.8 Å². The van der Waals surface area contributed by atoms with Crippen molar-refractivity contribution in [1.82, 2.24) is 5.32 Å². The number of hydrogen-bond acceptors (Lipinski definition) is 3. The number of benzene rings is 1. The molecule has 3 nitrogen and oxygen atoms in total. The third kappa shape index (κ3) is 2.96. The number of amidine groups is 1. The summed E-state index contributed by atoms with van der Waals surface area (Å²) in [6.45, 7) is 2.05. The van der Waals surface area contributed by atoms with E-state index in [4.69, 9.17) is 0 Å². The van der Waals surface area contributed by atoms with Crippen LogP contribution in [-0.4, -0.2) is 17.1 Å². The lowest BCUT2D eigenvalue weighted by Gasteiger charge is -2.02. The van der Waals surface area contributed by atoms with Gasteiger partial charge in [0.05, 0.1) is 10.9 Å². The molecule has 1 amide bonds. The number of hydrogen-bond donors (Lipinski definition) is 1. The normalized spacial score (nSPS) is 23.8. The predicted octanol–water partition coefficient (Wildman–Crippen LogP) is 3.50. The van der Waals surface area contributed by atoms with Crippen LogP contribution in [0.1, 0.15) is 36.8 Å². The Labute approximate surface area is 123 Å². The maximum atomic E-state index is 12.0. The molecule has 1 heterocycles. The first kappa shape index (κ1) is 13.4. The van der Waals surface area contributed by atoms with Gasteiger partial charge in [-0.15, -0.1) is 0 Å². The monoisotopic (exact) mass is 286 g/mol. The molecule has 0 radical (unpaired) electrons. The molecule has 1 N–H and O–H groups in total. The molecule has 3 rings (SSSR count). The minimum Gasteiger partial charge on any atom is -0.301 e. The molecule has 0 spiro atoms. The van der Waals surface area contributed by atoms with Crippen molar-refractivity contribution in [3.63, 3.8) is 0 Å². The number of nitrogens with one attached hydrogen (secondary N) is 1. The molecule has 2 aliphatic rings. The summed E-state index contributed by atoms with van der Waals surface area (Å²) in [7, 11) is 0. The zero-order chi connectivity index (χ0) is 13.9. The van der Waals surface area contributed by atoms with Crippen LogP contribution in [0.4, 0.5) is 0 Å². The van der Waals surface area contributed by atoms with Crippen LogP contribution in [0.2, 0.25) is 0 Å². The van der Waals surface area contributed by atoms with Crippen molar-refractivity contribution in [2.45, 2.75) is 38.6 Å². The summed E-state index contributed by atoms with van der Waals surface area (Å²) in [5.41, 5.74) is 2.27. The van der Waals surface area contributed by atoms with Crippen LogP contribution in [0.5, 0.6) is 0 Å². The molecule has 1 saturated heterocycles. The summed E-state index contributed by atoms with van der Waals surface area (Å²) >= 11 is 1.46. The second-order valence-electron chi connectivity index (χ2n) is 5.29. The first-order chi connectivity index (χ1) is 9.72. The van der Waals surface area contributed by atoms with E-state index >= 15 is 0 Å². The van der Waals surface area contributed by atoms with E-state index in [1.165, 1.54) is 30.2 Å². The zero-order valence-electron chi connectivity index (χ0n) is 11.6. The van der Waals surface area contributed by atoms with E-state index < -0.39 is 0 Å². The fraction of sp³-hybridized carbons (Fsp3) is 0.375. The van der Waals surface area contributed by atoms with E-state index in [1.807, 2.05) is 24.3 Å². The standard InChI is InChI=1S/C16H18N2OS/c1-11-6-2-3-7-12(11)10-14-15(19)18-16(20-14)17-13-8-4-5-9-13/h2-3,6-7,10,13H,4-5,8-9H2,1H3,(H,17,18,19)/b14-10+. The van der Waals surface area contributed by atoms with Crippen LogP contribution in [0.3, 0.4) is 0 Å². The average Bonchev–Trinajstić information content (AvgIpc) is 3.04. The van der Waals surface area contributed by atoms with E-state index in [-0.39, 0.29) is 5.91 Å². The lowest BCUT2D eigenvalue weighted by Crippen LogP contribution is -2.21. The molecule has 2 fully saturated rings. The highest BCUT2D eigenvalue weighted by Crippen LogP contribution is 2.29. The summed E-state index contributed by atoms with van der Waals surface area (Å²) < 4.78 is 0. The Hall–Kier alpha value is -1.55. The third-order valence-corrected chi connectivity index (χ3v) is 4.67. The molecule has 1 aliphatic heterocycles. The molecule has 20 heavy (non-hydrogen) atoms. The van der Waals surface area contributed by atoms with Gasteiger partial charge in [0.1, 0.15) is 0 Å². The minimum atomic E-state index is -0.0324. The number of rotatable bonds is 2. The highest BCUT2D eigenvalue weighted by atomic mass is 32.2. The molecule has 1 aliphatic carbocycles. The molecule has 1 saturated carbocycles. The van der Waals surface area contributed by atoms with Crippen LogP contribution in [0, 0.1) is 6.92 Å². The van der Waals surface area contributed by atoms with Crippen molar-refractivity contribution in [3.05, 3.63) is 40.3 Å². The van der Waals surface area contributed by atoms with Crippen LogP contribution in [0.25, 0.3) is 6.08 Å². The molecule has 104 valence electrons. The van der Waals surface area contributed by atoms with E-state index in [2.05, 4.69) is 23.3 Å². The van der Waals surface area contributed by atoms with Gasteiger partial charge in [0, 0.05) is 0 Å². The number of thioether (sulfide) groups is 1. The Balaban J connectivity index is 1.78. The van der Waals surface area contributed by atoms with Crippen LogP contribution in [0.15, 0.2) is 34.2 Å². The number of carbonyl (C=O) groups is 1. The van der Waals surface area contributed by atoms with Crippen LogP contribution < -0.4 is 5.32 Å². The average molecular weight is 286 g/mol. The van der Waals surface area contributed by atoms with Crippen molar-refractivity contribution in [2.24, 2.45) is 4.99 Å². The van der Waals surface area contributed by atoms with Gasteiger partial charge in [-0.3, -0.25) is 9.79 Å². The number of carbonyl (C=O) groups excluding carboxylic acids is 1. The fourth-order valence-electron chi connectivity index (χ4n) is 2.58. The SMILES string of the molecule is Cc1ccccc1/C=C1/SC(=NC2CCCC2)NC1=O. The summed E-state index contributed by atoms with van der Waals surface area (Å²) in [6, 6.07) is 8.48. The quantitative estimate of drug-likeness (QED) is 0.845.